The second-order valence-corrected chi connectivity index (χ2v) is 8.59. The SMILES string of the molecule is N=C1/C(=C(/O)c2ccccc2)C(c2cccnc2)C2=C(CCCC2=O)N1c1cccc(Cl)c1. The summed E-state index contributed by atoms with van der Waals surface area (Å²) in [6, 6.07) is 20.1. The predicted molar refractivity (Wildman–Crippen MR) is 131 cm³/mol. The molecule has 0 amide bonds. The van der Waals surface area contributed by atoms with Crippen molar-refractivity contribution in [2.24, 2.45) is 0 Å². The lowest BCUT2D eigenvalue weighted by Crippen LogP contribution is -2.42. The van der Waals surface area contributed by atoms with Crippen LogP contribution < -0.4 is 4.90 Å². The van der Waals surface area contributed by atoms with E-state index in [9.17, 15) is 15.3 Å². The van der Waals surface area contributed by atoms with Gasteiger partial charge in [-0.05, 0) is 42.7 Å². The number of rotatable bonds is 3. The van der Waals surface area contributed by atoms with Crippen LogP contribution in [0.3, 0.4) is 0 Å². The lowest BCUT2D eigenvalue weighted by atomic mass is 9.74. The number of ketones is 1. The number of pyridine rings is 1. The number of Topliss-reactive ketones (excluding diaryl/α,β-unsaturated/α-hetero) is 1. The van der Waals surface area contributed by atoms with Crippen molar-refractivity contribution in [3.63, 3.8) is 0 Å². The highest BCUT2D eigenvalue weighted by Gasteiger charge is 2.43. The van der Waals surface area contributed by atoms with Crippen molar-refractivity contribution in [3.05, 3.63) is 112 Å². The zero-order valence-corrected chi connectivity index (χ0v) is 18.6. The number of benzene rings is 2. The number of carbonyl (C=O) groups excluding carboxylic acids is 1. The summed E-state index contributed by atoms with van der Waals surface area (Å²) in [5.74, 6) is -0.444. The molecule has 0 spiro atoms. The van der Waals surface area contributed by atoms with E-state index in [-0.39, 0.29) is 17.4 Å². The summed E-state index contributed by atoms with van der Waals surface area (Å²) in [6.45, 7) is 0. The van der Waals surface area contributed by atoms with Gasteiger partial charge in [0.2, 0.25) is 0 Å². The van der Waals surface area contributed by atoms with Crippen LogP contribution in [0.2, 0.25) is 5.02 Å². The highest BCUT2D eigenvalue weighted by atomic mass is 35.5. The van der Waals surface area contributed by atoms with Crippen molar-refractivity contribution >= 4 is 34.7 Å². The van der Waals surface area contributed by atoms with Gasteiger partial charge >= 0.3 is 0 Å². The quantitative estimate of drug-likeness (QED) is 0.455. The van der Waals surface area contributed by atoms with Gasteiger partial charge in [0.1, 0.15) is 11.6 Å². The van der Waals surface area contributed by atoms with Gasteiger partial charge in [0.15, 0.2) is 5.78 Å². The Bertz CT molecular complexity index is 1300. The number of anilines is 1. The highest BCUT2D eigenvalue weighted by molar-refractivity contribution is 6.31. The van der Waals surface area contributed by atoms with E-state index in [1.54, 1.807) is 41.6 Å². The van der Waals surface area contributed by atoms with Crippen LogP contribution in [0.25, 0.3) is 5.76 Å². The normalized spacial score (nSPS) is 20.0. The standard InChI is InChI=1S/C27H22ClN3O2/c28-19-10-4-11-20(15-19)31-21-12-5-13-22(32)24(21)23(18-9-6-14-30-16-18)25(27(31)29)26(33)17-7-2-1-3-8-17/h1-4,6-11,14-16,23,29,33H,5,12-13H2/b26-25+,29-27?. The largest absolute Gasteiger partial charge is 0.507 e. The van der Waals surface area contributed by atoms with Gasteiger partial charge in [-0.15, -0.1) is 0 Å². The van der Waals surface area contributed by atoms with Crippen LogP contribution in [0, 0.1) is 5.41 Å². The van der Waals surface area contributed by atoms with E-state index in [1.165, 1.54) is 0 Å². The van der Waals surface area contributed by atoms with Crippen LogP contribution in [-0.4, -0.2) is 21.7 Å². The summed E-state index contributed by atoms with van der Waals surface area (Å²) in [7, 11) is 0. The molecule has 0 saturated carbocycles. The number of hydrogen-bond acceptors (Lipinski definition) is 4. The molecule has 0 bridgehead atoms. The first-order chi connectivity index (χ1) is 16.1. The van der Waals surface area contributed by atoms with Gasteiger partial charge in [-0.3, -0.25) is 20.1 Å². The Labute approximate surface area is 197 Å². The number of allylic oxidation sites excluding steroid dienone is 2. The number of carbonyl (C=O) groups is 1. The maximum Gasteiger partial charge on any atom is 0.161 e. The van der Waals surface area contributed by atoms with Crippen molar-refractivity contribution < 1.29 is 9.90 Å². The smallest absolute Gasteiger partial charge is 0.161 e. The highest BCUT2D eigenvalue weighted by Crippen LogP contribution is 2.47. The Morgan fingerprint density at radius 2 is 1.88 bits per heavy atom. The molecule has 2 heterocycles. The van der Waals surface area contributed by atoms with Crippen LogP contribution >= 0.6 is 11.6 Å². The van der Waals surface area contributed by atoms with Crippen molar-refractivity contribution in [3.8, 4) is 0 Å². The third-order valence-electron chi connectivity index (χ3n) is 6.14. The number of halogens is 1. The maximum absolute atomic E-state index is 13.4. The van der Waals surface area contributed by atoms with Crippen molar-refractivity contribution in [1.82, 2.24) is 4.98 Å². The van der Waals surface area contributed by atoms with Gasteiger partial charge in [0.25, 0.3) is 0 Å². The molecule has 1 aliphatic carbocycles. The first-order valence-electron chi connectivity index (χ1n) is 10.9. The molecule has 5 nitrogen and oxygen atoms in total. The van der Waals surface area contributed by atoms with E-state index >= 15 is 0 Å². The molecule has 1 aromatic heterocycles. The van der Waals surface area contributed by atoms with Crippen molar-refractivity contribution in [2.75, 3.05) is 4.90 Å². The number of amidine groups is 1. The van der Waals surface area contributed by atoms with Gasteiger partial charge < -0.3 is 5.11 Å². The number of aliphatic hydroxyl groups excluding tert-OH is 1. The molecule has 1 unspecified atom stereocenters. The lowest BCUT2D eigenvalue weighted by molar-refractivity contribution is -0.116. The van der Waals surface area contributed by atoms with Crippen LogP contribution in [0.15, 0.2) is 96.0 Å². The summed E-state index contributed by atoms with van der Waals surface area (Å²) in [4.78, 5) is 19.4. The van der Waals surface area contributed by atoms with Crippen LogP contribution in [-0.2, 0) is 4.79 Å². The first kappa shape index (κ1) is 21.2. The Kier molecular flexibility index (Phi) is 5.56. The molecule has 2 aliphatic rings. The van der Waals surface area contributed by atoms with Crippen molar-refractivity contribution in [1.29, 1.82) is 5.41 Å². The molecule has 0 radical (unpaired) electrons. The molecular weight excluding hydrogens is 434 g/mol. The minimum Gasteiger partial charge on any atom is -0.507 e. The minimum absolute atomic E-state index is 0.0218. The molecule has 2 N–H and O–H groups in total. The second-order valence-electron chi connectivity index (χ2n) is 8.15. The Balaban J connectivity index is 1.83. The van der Waals surface area contributed by atoms with E-state index in [0.29, 0.717) is 46.7 Å². The van der Waals surface area contributed by atoms with Crippen LogP contribution in [0.5, 0.6) is 0 Å². The van der Waals surface area contributed by atoms with E-state index < -0.39 is 5.92 Å². The van der Waals surface area contributed by atoms with Gasteiger partial charge in [-0.25, -0.2) is 0 Å². The molecule has 3 aromatic rings. The lowest BCUT2D eigenvalue weighted by Gasteiger charge is -2.41. The zero-order chi connectivity index (χ0) is 22.9. The number of nitrogens with one attached hydrogen (secondary N) is 1. The molecule has 1 atom stereocenters. The molecule has 0 fully saturated rings. The topological polar surface area (TPSA) is 77.3 Å². The summed E-state index contributed by atoms with van der Waals surface area (Å²) in [5.41, 5.74) is 3.83. The number of nitrogens with zero attached hydrogens (tertiary/aromatic N) is 2. The third kappa shape index (κ3) is 3.74. The van der Waals surface area contributed by atoms with Gasteiger partial charge in [0, 0.05) is 57.8 Å². The zero-order valence-electron chi connectivity index (χ0n) is 17.8. The van der Waals surface area contributed by atoms with Gasteiger partial charge in [0.05, 0.1) is 0 Å². The van der Waals surface area contributed by atoms with E-state index in [0.717, 1.165) is 11.3 Å². The third-order valence-corrected chi connectivity index (χ3v) is 6.38. The summed E-state index contributed by atoms with van der Waals surface area (Å²) in [5, 5.41) is 21.3. The Morgan fingerprint density at radius 1 is 1.06 bits per heavy atom. The predicted octanol–water partition coefficient (Wildman–Crippen LogP) is 6.29. The summed E-state index contributed by atoms with van der Waals surface area (Å²) < 4.78 is 0. The van der Waals surface area contributed by atoms with Crippen molar-refractivity contribution in [2.45, 2.75) is 25.2 Å². The fourth-order valence-corrected chi connectivity index (χ4v) is 4.91. The summed E-state index contributed by atoms with van der Waals surface area (Å²) in [6.07, 6.45) is 5.19. The van der Waals surface area contributed by atoms with E-state index in [4.69, 9.17) is 11.6 Å². The molecule has 33 heavy (non-hydrogen) atoms. The average Bonchev–Trinajstić information content (AvgIpc) is 2.84. The monoisotopic (exact) mass is 455 g/mol. The van der Waals surface area contributed by atoms with Crippen LogP contribution in [0.1, 0.15) is 36.3 Å². The second kappa shape index (κ2) is 8.68. The number of aliphatic hydroxyl groups is 1. The van der Waals surface area contributed by atoms with E-state index in [2.05, 4.69) is 4.98 Å². The summed E-state index contributed by atoms with van der Waals surface area (Å²) >= 11 is 6.29. The fourth-order valence-electron chi connectivity index (χ4n) is 4.72. The molecule has 0 saturated heterocycles. The minimum atomic E-state index is -0.579. The number of aromatic nitrogens is 1. The molecule has 1 aliphatic heterocycles. The average molecular weight is 456 g/mol. The number of hydrogen-bond donors (Lipinski definition) is 2. The molecule has 6 heteroatoms. The Hall–Kier alpha value is -3.70. The molecule has 5 rings (SSSR count). The van der Waals surface area contributed by atoms with Crippen LogP contribution in [0.4, 0.5) is 5.69 Å². The fraction of sp³-hybridized carbons (Fsp3) is 0.148. The Morgan fingerprint density at radius 3 is 2.61 bits per heavy atom. The molecular formula is C27H22ClN3O2. The molecule has 2 aromatic carbocycles. The molecule has 164 valence electrons. The van der Waals surface area contributed by atoms with E-state index in [1.807, 2.05) is 42.5 Å². The maximum atomic E-state index is 13.4. The van der Waals surface area contributed by atoms with Gasteiger partial charge in [-0.1, -0.05) is 54.1 Å². The van der Waals surface area contributed by atoms with Gasteiger partial charge in [-0.2, -0.15) is 0 Å². The first-order valence-corrected chi connectivity index (χ1v) is 11.2.